The van der Waals surface area contributed by atoms with E-state index in [9.17, 15) is 10.1 Å². The molecule has 0 saturated heterocycles. The fourth-order valence-electron chi connectivity index (χ4n) is 1.78. The number of hydrogen-bond donors (Lipinski definition) is 1. The monoisotopic (exact) mass is 313 g/mol. The molecule has 0 aliphatic carbocycles. The van der Waals surface area contributed by atoms with Crippen LogP contribution >= 0.6 is 11.6 Å². The minimum Gasteiger partial charge on any atom is -0.482 e. The Morgan fingerprint density at radius 2 is 1.82 bits per heavy atom. The van der Waals surface area contributed by atoms with Crippen LogP contribution in [-0.2, 0) is 4.79 Å². The van der Waals surface area contributed by atoms with E-state index in [1.165, 1.54) is 0 Å². The molecule has 2 aromatic carbocycles. The van der Waals surface area contributed by atoms with E-state index in [0.29, 0.717) is 16.3 Å². The molecule has 0 bridgehead atoms. The van der Waals surface area contributed by atoms with E-state index in [2.05, 4.69) is 6.07 Å². The molecule has 0 saturated carbocycles. The van der Waals surface area contributed by atoms with Gasteiger partial charge < -0.3 is 9.84 Å². The number of nitrogens with zero attached hydrogens (tertiary/aromatic N) is 1. The van der Waals surface area contributed by atoms with Crippen molar-refractivity contribution in [2.45, 2.75) is 0 Å². The van der Waals surface area contributed by atoms with E-state index in [4.69, 9.17) is 21.4 Å². The van der Waals surface area contributed by atoms with Crippen LogP contribution < -0.4 is 4.74 Å². The lowest BCUT2D eigenvalue weighted by molar-refractivity contribution is -0.139. The predicted octanol–water partition coefficient (Wildman–Crippen LogP) is 3.87. The van der Waals surface area contributed by atoms with E-state index in [1.807, 2.05) is 0 Å². The zero-order chi connectivity index (χ0) is 15.9. The molecule has 0 aromatic heterocycles. The van der Waals surface area contributed by atoms with Gasteiger partial charge in [-0.05, 0) is 41.5 Å². The zero-order valence-corrected chi connectivity index (χ0v) is 12.2. The maximum atomic E-state index is 10.4. The number of carboxylic acids is 1. The van der Waals surface area contributed by atoms with Crippen LogP contribution in [0.1, 0.15) is 11.1 Å². The molecule has 0 aliphatic heterocycles. The molecule has 0 spiro atoms. The average molecular weight is 314 g/mol. The fourth-order valence-corrected chi connectivity index (χ4v) is 1.91. The van der Waals surface area contributed by atoms with Crippen molar-refractivity contribution in [3.05, 3.63) is 64.7 Å². The van der Waals surface area contributed by atoms with Crippen LogP contribution in [0.2, 0.25) is 5.02 Å². The molecule has 1 N–H and O–H groups in total. The number of carboxylic acid groups (broad SMARTS) is 1. The molecule has 0 unspecified atom stereocenters. The van der Waals surface area contributed by atoms with Crippen molar-refractivity contribution in [1.29, 1.82) is 5.26 Å². The van der Waals surface area contributed by atoms with Gasteiger partial charge >= 0.3 is 5.97 Å². The first-order valence-electron chi connectivity index (χ1n) is 6.41. The smallest absolute Gasteiger partial charge is 0.341 e. The quantitative estimate of drug-likeness (QED) is 0.672. The molecule has 0 atom stereocenters. The molecule has 0 radical (unpaired) electrons. The van der Waals surface area contributed by atoms with Gasteiger partial charge in [-0.2, -0.15) is 5.26 Å². The van der Waals surface area contributed by atoms with Crippen molar-refractivity contribution in [1.82, 2.24) is 0 Å². The summed E-state index contributed by atoms with van der Waals surface area (Å²) in [7, 11) is 0. The van der Waals surface area contributed by atoms with E-state index in [0.717, 1.165) is 11.1 Å². The van der Waals surface area contributed by atoms with Crippen molar-refractivity contribution >= 4 is 29.2 Å². The Kier molecular flexibility index (Phi) is 5.18. The maximum absolute atomic E-state index is 10.4. The summed E-state index contributed by atoms with van der Waals surface area (Å²) in [5.41, 5.74) is 2.10. The summed E-state index contributed by atoms with van der Waals surface area (Å²) in [6.07, 6.45) is 1.74. The number of aliphatic carboxylic acids is 1. The van der Waals surface area contributed by atoms with Crippen LogP contribution in [0.25, 0.3) is 11.6 Å². The Morgan fingerprint density at radius 3 is 2.36 bits per heavy atom. The number of nitriles is 1. The third-order valence-corrected chi connectivity index (χ3v) is 3.08. The summed E-state index contributed by atoms with van der Waals surface area (Å²) < 4.78 is 5.05. The Hall–Kier alpha value is -2.77. The summed E-state index contributed by atoms with van der Waals surface area (Å²) >= 11 is 5.83. The van der Waals surface area contributed by atoms with Crippen LogP contribution in [0.15, 0.2) is 48.5 Å². The molecule has 5 heteroatoms. The van der Waals surface area contributed by atoms with Gasteiger partial charge in [0, 0.05) is 5.02 Å². The number of halogens is 1. The number of rotatable bonds is 5. The largest absolute Gasteiger partial charge is 0.482 e. The fraction of sp³-hybridized carbons (Fsp3) is 0.0588. The van der Waals surface area contributed by atoms with E-state index >= 15 is 0 Å². The maximum Gasteiger partial charge on any atom is 0.341 e. The topological polar surface area (TPSA) is 70.3 Å². The summed E-state index contributed by atoms with van der Waals surface area (Å²) in [6.45, 7) is -0.386. The van der Waals surface area contributed by atoms with Gasteiger partial charge in [0.2, 0.25) is 0 Å². The lowest BCUT2D eigenvalue weighted by Crippen LogP contribution is -2.09. The first-order chi connectivity index (χ1) is 10.6. The summed E-state index contributed by atoms with van der Waals surface area (Å²) in [5.74, 6) is -0.567. The van der Waals surface area contributed by atoms with E-state index in [-0.39, 0.29) is 6.61 Å². The van der Waals surface area contributed by atoms with Gasteiger partial charge in [-0.25, -0.2) is 4.79 Å². The van der Waals surface area contributed by atoms with Crippen LogP contribution in [0.4, 0.5) is 0 Å². The van der Waals surface area contributed by atoms with Crippen molar-refractivity contribution in [2.75, 3.05) is 6.61 Å². The van der Waals surface area contributed by atoms with Gasteiger partial charge in [0.15, 0.2) is 6.61 Å². The van der Waals surface area contributed by atoms with Gasteiger partial charge in [-0.3, -0.25) is 0 Å². The Balaban J connectivity index is 2.18. The highest BCUT2D eigenvalue weighted by molar-refractivity contribution is 6.30. The molecule has 0 aliphatic rings. The van der Waals surface area contributed by atoms with Gasteiger partial charge in [-0.15, -0.1) is 0 Å². The first-order valence-corrected chi connectivity index (χ1v) is 6.78. The minimum absolute atomic E-state index is 0.386. The highest BCUT2D eigenvalue weighted by Crippen LogP contribution is 2.21. The third kappa shape index (κ3) is 4.37. The van der Waals surface area contributed by atoms with Gasteiger partial charge in [0.25, 0.3) is 0 Å². The molecule has 4 nitrogen and oxygen atoms in total. The summed E-state index contributed by atoms with van der Waals surface area (Å²) in [5, 5.41) is 18.4. The normalized spacial score (nSPS) is 10.8. The molecule has 110 valence electrons. The van der Waals surface area contributed by atoms with Gasteiger partial charge in [0.05, 0.1) is 11.6 Å². The van der Waals surface area contributed by atoms with Crippen LogP contribution in [0.3, 0.4) is 0 Å². The van der Waals surface area contributed by atoms with Crippen LogP contribution in [-0.4, -0.2) is 17.7 Å². The summed E-state index contributed by atoms with van der Waals surface area (Å²) in [4.78, 5) is 10.4. The van der Waals surface area contributed by atoms with Crippen molar-refractivity contribution in [3.63, 3.8) is 0 Å². The van der Waals surface area contributed by atoms with Crippen LogP contribution in [0, 0.1) is 11.3 Å². The van der Waals surface area contributed by atoms with E-state index in [1.54, 1.807) is 54.6 Å². The highest BCUT2D eigenvalue weighted by Gasteiger charge is 2.02. The number of benzene rings is 2. The Morgan fingerprint density at radius 1 is 1.18 bits per heavy atom. The molecule has 0 fully saturated rings. The van der Waals surface area contributed by atoms with Gasteiger partial charge in [-0.1, -0.05) is 35.9 Å². The van der Waals surface area contributed by atoms with E-state index < -0.39 is 5.97 Å². The average Bonchev–Trinajstić information content (AvgIpc) is 2.52. The second-order valence-corrected chi connectivity index (χ2v) is 4.86. The Bertz CT molecular complexity index is 728. The molecule has 0 amide bonds. The standard InChI is InChI=1S/C17H12ClNO3/c18-15-5-3-13(4-6-15)14(10-19)9-12-1-7-16(8-2-12)22-11-17(20)21/h1-9H,11H2,(H,20,21)/b14-9-. The third-order valence-electron chi connectivity index (χ3n) is 2.83. The zero-order valence-electron chi connectivity index (χ0n) is 11.5. The lowest BCUT2D eigenvalue weighted by Gasteiger charge is -2.04. The first kappa shape index (κ1) is 15.6. The number of hydrogen-bond acceptors (Lipinski definition) is 3. The second-order valence-electron chi connectivity index (χ2n) is 4.43. The van der Waals surface area contributed by atoms with Crippen molar-refractivity contribution in [2.24, 2.45) is 0 Å². The molecule has 0 heterocycles. The molecule has 2 aromatic rings. The second kappa shape index (κ2) is 7.30. The predicted molar refractivity (Wildman–Crippen MR) is 84.5 cm³/mol. The molecular weight excluding hydrogens is 302 g/mol. The van der Waals surface area contributed by atoms with Gasteiger partial charge in [0.1, 0.15) is 5.75 Å². The molecule has 2 rings (SSSR count). The molecular formula is C17H12ClNO3. The highest BCUT2D eigenvalue weighted by atomic mass is 35.5. The SMILES string of the molecule is N#C/C(=C/c1ccc(OCC(=O)O)cc1)c1ccc(Cl)cc1. The van der Waals surface area contributed by atoms with Crippen LogP contribution in [0.5, 0.6) is 5.75 Å². The lowest BCUT2D eigenvalue weighted by atomic mass is 10.0. The molecule has 22 heavy (non-hydrogen) atoms. The Labute approximate surface area is 132 Å². The minimum atomic E-state index is -1.03. The number of ether oxygens (including phenoxy) is 1. The number of carbonyl (C=O) groups is 1. The van der Waals surface area contributed by atoms with Crippen molar-refractivity contribution in [3.8, 4) is 11.8 Å². The number of allylic oxidation sites excluding steroid dienone is 1. The summed E-state index contributed by atoms with van der Waals surface area (Å²) in [6, 6.07) is 16.0. The van der Waals surface area contributed by atoms with Crippen molar-refractivity contribution < 1.29 is 14.6 Å².